The van der Waals surface area contributed by atoms with Crippen molar-refractivity contribution in [2.75, 3.05) is 7.11 Å². The molecule has 0 fully saturated rings. The Kier molecular flexibility index (Phi) is 7.50. The van der Waals surface area contributed by atoms with Gasteiger partial charge in [0, 0.05) is 23.4 Å². The lowest BCUT2D eigenvalue weighted by atomic mass is 9.85. The monoisotopic (exact) mass is 364 g/mol. The van der Waals surface area contributed by atoms with Gasteiger partial charge in [-0.2, -0.15) is 0 Å². The van der Waals surface area contributed by atoms with Crippen LogP contribution in [0.2, 0.25) is 0 Å². The van der Waals surface area contributed by atoms with Crippen LogP contribution in [0.5, 0.6) is 0 Å². The first-order valence-electron chi connectivity index (χ1n) is 9.15. The van der Waals surface area contributed by atoms with E-state index >= 15 is 0 Å². The van der Waals surface area contributed by atoms with E-state index in [1.807, 2.05) is 38.3 Å². The van der Waals surface area contributed by atoms with E-state index in [4.69, 9.17) is 4.84 Å². The first-order chi connectivity index (χ1) is 13.0. The van der Waals surface area contributed by atoms with Gasteiger partial charge in [-0.25, -0.2) is 5.48 Å². The fourth-order valence-electron chi connectivity index (χ4n) is 3.27. The third kappa shape index (κ3) is 5.14. The number of carbonyl (C=O) groups excluding carboxylic acids is 1. The van der Waals surface area contributed by atoms with Crippen molar-refractivity contribution in [1.82, 2.24) is 5.48 Å². The summed E-state index contributed by atoms with van der Waals surface area (Å²) < 4.78 is 0. The summed E-state index contributed by atoms with van der Waals surface area (Å²) in [5.74, 6) is -0.132. The number of hydrogen-bond donors (Lipinski definition) is 1. The van der Waals surface area contributed by atoms with Gasteiger partial charge in [0.2, 0.25) is 0 Å². The van der Waals surface area contributed by atoms with Gasteiger partial charge in [-0.1, -0.05) is 36.4 Å². The van der Waals surface area contributed by atoms with Crippen molar-refractivity contribution in [3.63, 3.8) is 0 Å². The van der Waals surface area contributed by atoms with E-state index in [1.54, 1.807) is 6.07 Å². The minimum Gasteiger partial charge on any atom is -0.277 e. The molecule has 2 aromatic rings. The summed E-state index contributed by atoms with van der Waals surface area (Å²) >= 11 is 0. The van der Waals surface area contributed by atoms with Crippen LogP contribution in [0, 0.1) is 13.8 Å². The average Bonchev–Trinajstić information content (AvgIpc) is 2.67. The van der Waals surface area contributed by atoms with Crippen molar-refractivity contribution in [3.05, 3.63) is 82.1 Å². The highest BCUT2D eigenvalue weighted by atomic mass is 16.6. The Bertz CT molecular complexity index is 853. The van der Waals surface area contributed by atoms with Crippen molar-refractivity contribution in [2.24, 2.45) is 4.99 Å². The Morgan fingerprint density at radius 2 is 1.93 bits per heavy atom. The quantitative estimate of drug-likeness (QED) is 0.560. The molecule has 1 atom stereocenters. The van der Waals surface area contributed by atoms with Gasteiger partial charge in [0.1, 0.15) is 0 Å². The summed E-state index contributed by atoms with van der Waals surface area (Å²) in [4.78, 5) is 21.4. The summed E-state index contributed by atoms with van der Waals surface area (Å²) in [7, 11) is 1.43. The zero-order valence-corrected chi connectivity index (χ0v) is 16.7. The van der Waals surface area contributed by atoms with Crippen LogP contribution in [0.4, 0.5) is 0 Å². The van der Waals surface area contributed by atoms with E-state index in [0.717, 1.165) is 17.7 Å². The molecule has 0 aromatic heterocycles. The molecule has 1 amide bonds. The largest absolute Gasteiger partial charge is 0.277 e. The zero-order valence-electron chi connectivity index (χ0n) is 16.7. The Labute approximate surface area is 161 Å². The van der Waals surface area contributed by atoms with Crippen LogP contribution < -0.4 is 5.48 Å². The molecule has 0 aliphatic heterocycles. The van der Waals surface area contributed by atoms with Gasteiger partial charge < -0.3 is 0 Å². The standard InChI is InChI=1S/C23H28N2O2/c1-6-22(24-7-2)21(20-13-8-10-16(3)17(20)4)15-18-11-9-12-19(14-18)23(26)25-27-5/h6-14,21H,15H2,1-5H3,(H,25,26)/b22-6-,24-7?. The molecule has 142 valence electrons. The number of hydrogen-bond acceptors (Lipinski definition) is 3. The SMILES string of the molecule is CC=N/C(=C\C)C(Cc1cccc(C(=O)NOC)c1)c1cccc(C)c1C. The number of rotatable bonds is 7. The number of hydroxylamine groups is 1. The second-order valence-corrected chi connectivity index (χ2v) is 6.48. The lowest BCUT2D eigenvalue weighted by molar-refractivity contribution is 0.0537. The maximum Gasteiger partial charge on any atom is 0.274 e. The molecule has 4 heteroatoms. The molecule has 0 radical (unpaired) electrons. The van der Waals surface area contributed by atoms with E-state index in [2.05, 4.69) is 48.6 Å². The van der Waals surface area contributed by atoms with Gasteiger partial charge in [0.25, 0.3) is 5.91 Å². The number of aliphatic imine (C=N–C) groups is 1. The maximum atomic E-state index is 12.1. The van der Waals surface area contributed by atoms with Crippen LogP contribution in [0.15, 0.2) is 59.2 Å². The van der Waals surface area contributed by atoms with Gasteiger partial charge in [-0.05, 0) is 68.5 Å². The fraction of sp³-hybridized carbons (Fsp3) is 0.304. The molecule has 0 aliphatic carbocycles. The zero-order chi connectivity index (χ0) is 19.8. The van der Waals surface area contributed by atoms with Crippen molar-refractivity contribution in [3.8, 4) is 0 Å². The molecule has 2 rings (SSSR count). The molecule has 0 bridgehead atoms. The predicted octanol–water partition coefficient (Wildman–Crippen LogP) is 4.92. The molecular formula is C23H28N2O2. The number of amides is 1. The Hall–Kier alpha value is -2.72. The van der Waals surface area contributed by atoms with E-state index in [9.17, 15) is 4.79 Å². The predicted molar refractivity (Wildman–Crippen MR) is 111 cm³/mol. The first kappa shape index (κ1) is 20.6. The summed E-state index contributed by atoms with van der Waals surface area (Å²) in [6.07, 6.45) is 4.65. The summed E-state index contributed by atoms with van der Waals surface area (Å²) in [6.45, 7) is 8.23. The van der Waals surface area contributed by atoms with Gasteiger partial charge >= 0.3 is 0 Å². The van der Waals surface area contributed by atoms with Crippen LogP contribution in [-0.4, -0.2) is 19.2 Å². The number of aryl methyl sites for hydroxylation is 1. The lowest BCUT2D eigenvalue weighted by Crippen LogP contribution is -2.21. The summed E-state index contributed by atoms with van der Waals surface area (Å²) in [5, 5.41) is 0. The lowest BCUT2D eigenvalue weighted by Gasteiger charge is -2.22. The highest BCUT2D eigenvalue weighted by Gasteiger charge is 2.20. The normalized spacial score (nSPS) is 13.0. The number of allylic oxidation sites excluding steroid dienone is 2. The minimum atomic E-state index is -0.250. The second-order valence-electron chi connectivity index (χ2n) is 6.48. The Morgan fingerprint density at radius 1 is 1.19 bits per heavy atom. The highest BCUT2D eigenvalue weighted by Crippen LogP contribution is 2.32. The molecule has 2 aromatic carbocycles. The smallest absolute Gasteiger partial charge is 0.274 e. The highest BCUT2D eigenvalue weighted by molar-refractivity contribution is 5.93. The van der Waals surface area contributed by atoms with Crippen LogP contribution in [0.25, 0.3) is 0 Å². The second kappa shape index (κ2) is 9.83. The molecule has 4 nitrogen and oxygen atoms in total. The van der Waals surface area contributed by atoms with E-state index in [0.29, 0.717) is 5.56 Å². The van der Waals surface area contributed by atoms with Crippen LogP contribution in [0.1, 0.15) is 52.4 Å². The van der Waals surface area contributed by atoms with Gasteiger partial charge in [-0.3, -0.25) is 14.6 Å². The van der Waals surface area contributed by atoms with Gasteiger partial charge in [0.05, 0.1) is 7.11 Å². The van der Waals surface area contributed by atoms with E-state index in [1.165, 1.54) is 23.8 Å². The van der Waals surface area contributed by atoms with E-state index < -0.39 is 0 Å². The third-order valence-corrected chi connectivity index (χ3v) is 4.78. The van der Waals surface area contributed by atoms with Gasteiger partial charge in [-0.15, -0.1) is 0 Å². The van der Waals surface area contributed by atoms with Crippen molar-refractivity contribution in [1.29, 1.82) is 0 Å². The molecule has 0 saturated heterocycles. The van der Waals surface area contributed by atoms with Crippen molar-refractivity contribution < 1.29 is 9.63 Å². The summed E-state index contributed by atoms with van der Waals surface area (Å²) in [5.41, 5.74) is 8.86. The number of nitrogens with one attached hydrogen (secondary N) is 1. The number of benzene rings is 2. The first-order valence-corrected chi connectivity index (χ1v) is 9.15. The molecule has 1 unspecified atom stereocenters. The number of carbonyl (C=O) groups is 1. The average molecular weight is 364 g/mol. The summed E-state index contributed by atoms with van der Waals surface area (Å²) in [6, 6.07) is 14.0. The van der Waals surface area contributed by atoms with E-state index in [-0.39, 0.29) is 11.8 Å². The van der Waals surface area contributed by atoms with Crippen LogP contribution in [0.3, 0.4) is 0 Å². The Morgan fingerprint density at radius 3 is 2.59 bits per heavy atom. The van der Waals surface area contributed by atoms with Crippen LogP contribution >= 0.6 is 0 Å². The minimum absolute atomic E-state index is 0.117. The molecule has 0 aliphatic rings. The number of nitrogens with zero attached hydrogens (tertiary/aromatic N) is 1. The van der Waals surface area contributed by atoms with Gasteiger partial charge in [0.15, 0.2) is 0 Å². The molecule has 1 N–H and O–H groups in total. The Balaban J connectivity index is 2.45. The molecule has 27 heavy (non-hydrogen) atoms. The topological polar surface area (TPSA) is 50.7 Å². The van der Waals surface area contributed by atoms with Crippen LogP contribution in [-0.2, 0) is 11.3 Å². The van der Waals surface area contributed by atoms with Crippen molar-refractivity contribution >= 4 is 12.1 Å². The maximum absolute atomic E-state index is 12.1. The fourth-order valence-corrected chi connectivity index (χ4v) is 3.27. The third-order valence-electron chi connectivity index (χ3n) is 4.78. The van der Waals surface area contributed by atoms with Crippen molar-refractivity contribution in [2.45, 2.75) is 40.0 Å². The molecule has 0 heterocycles. The molecular weight excluding hydrogens is 336 g/mol. The molecule has 0 spiro atoms. The molecule has 0 saturated carbocycles.